The summed E-state index contributed by atoms with van der Waals surface area (Å²) in [5, 5.41) is 10.3. The van der Waals surface area contributed by atoms with Gasteiger partial charge in [0.05, 0.1) is 11.8 Å². The number of β-amino-alcohol motifs (C(OH)–C–C–N with tert-alkyl or cyclic N) is 1. The normalized spacial score (nSPS) is 16.2. The van der Waals surface area contributed by atoms with Gasteiger partial charge in [-0.05, 0) is 30.2 Å². The number of benzene rings is 1. The zero-order valence-electron chi connectivity index (χ0n) is 13.8. The number of aliphatic hydroxyl groups excluding tert-OH is 1. The summed E-state index contributed by atoms with van der Waals surface area (Å²) >= 11 is 0. The molecule has 1 atom stereocenters. The predicted molar refractivity (Wildman–Crippen MR) is 86.4 cm³/mol. The number of aromatic nitrogens is 2. The first-order chi connectivity index (χ1) is 11.4. The molecule has 3 rings (SSSR count). The first-order valence-electron chi connectivity index (χ1n) is 8.14. The minimum absolute atomic E-state index is 0.00801. The molecule has 0 spiro atoms. The second kappa shape index (κ2) is 6.91. The fraction of sp³-hybridized carbons (Fsp3) is 0.444. The Balaban J connectivity index is 1.73. The first kappa shape index (κ1) is 16.9. The third kappa shape index (κ3) is 3.60. The maximum Gasteiger partial charge on any atom is 0.131 e. The largest absolute Gasteiger partial charge is 0.387 e. The Morgan fingerprint density at radius 1 is 1.29 bits per heavy atom. The third-order valence-electron chi connectivity index (χ3n) is 4.31. The smallest absolute Gasteiger partial charge is 0.131 e. The van der Waals surface area contributed by atoms with Gasteiger partial charge in [0.1, 0.15) is 17.5 Å². The van der Waals surface area contributed by atoms with E-state index in [0.717, 1.165) is 48.2 Å². The minimum atomic E-state index is -1.08. The van der Waals surface area contributed by atoms with Crippen LogP contribution in [-0.4, -0.2) is 33.1 Å². The number of hydrogen-bond donors (Lipinski definition) is 1. The lowest BCUT2D eigenvalue weighted by Gasteiger charge is -2.30. The SMILES string of the molecule is CC(C)c1ncc2c(n1)CN(CC(O)c1cc(F)ccc1F)CC2. The highest BCUT2D eigenvalue weighted by Crippen LogP contribution is 2.23. The molecule has 0 radical (unpaired) electrons. The second-order valence-electron chi connectivity index (χ2n) is 6.52. The van der Waals surface area contributed by atoms with Crippen LogP contribution in [0.4, 0.5) is 8.78 Å². The van der Waals surface area contributed by atoms with Crippen LogP contribution in [0.1, 0.15) is 48.5 Å². The molecule has 2 aromatic rings. The summed E-state index contributed by atoms with van der Waals surface area (Å²) in [5.74, 6) is -0.0977. The molecular formula is C18H21F2N3O. The van der Waals surface area contributed by atoms with Crippen molar-refractivity contribution in [2.24, 2.45) is 0 Å². The third-order valence-corrected chi connectivity index (χ3v) is 4.31. The summed E-state index contributed by atoms with van der Waals surface area (Å²) in [5.41, 5.74) is 2.06. The minimum Gasteiger partial charge on any atom is -0.387 e. The van der Waals surface area contributed by atoms with E-state index in [9.17, 15) is 13.9 Å². The van der Waals surface area contributed by atoms with Crippen molar-refractivity contribution in [3.63, 3.8) is 0 Å². The van der Waals surface area contributed by atoms with Gasteiger partial charge < -0.3 is 5.11 Å². The molecule has 0 bridgehead atoms. The van der Waals surface area contributed by atoms with Crippen molar-refractivity contribution in [2.75, 3.05) is 13.1 Å². The molecule has 0 aliphatic carbocycles. The molecule has 0 saturated carbocycles. The van der Waals surface area contributed by atoms with Crippen molar-refractivity contribution in [3.05, 3.63) is 58.7 Å². The van der Waals surface area contributed by atoms with E-state index in [2.05, 4.69) is 9.97 Å². The number of fused-ring (bicyclic) bond motifs is 1. The molecule has 1 N–H and O–H groups in total. The molecule has 6 heteroatoms. The van der Waals surface area contributed by atoms with Gasteiger partial charge in [0.25, 0.3) is 0 Å². The van der Waals surface area contributed by atoms with E-state index >= 15 is 0 Å². The average molecular weight is 333 g/mol. The number of halogens is 2. The molecule has 1 aliphatic heterocycles. The van der Waals surface area contributed by atoms with Crippen molar-refractivity contribution < 1.29 is 13.9 Å². The molecule has 2 heterocycles. The van der Waals surface area contributed by atoms with Crippen molar-refractivity contribution in [3.8, 4) is 0 Å². The van der Waals surface area contributed by atoms with Crippen LogP contribution < -0.4 is 0 Å². The van der Waals surface area contributed by atoms with Crippen molar-refractivity contribution in [1.82, 2.24) is 14.9 Å². The van der Waals surface area contributed by atoms with Gasteiger partial charge >= 0.3 is 0 Å². The number of aliphatic hydroxyl groups is 1. The van der Waals surface area contributed by atoms with Crippen LogP contribution in [0.3, 0.4) is 0 Å². The van der Waals surface area contributed by atoms with Gasteiger partial charge in [-0.3, -0.25) is 4.90 Å². The summed E-state index contributed by atoms with van der Waals surface area (Å²) in [6, 6.07) is 3.14. The first-order valence-corrected chi connectivity index (χ1v) is 8.14. The van der Waals surface area contributed by atoms with E-state index in [-0.39, 0.29) is 18.0 Å². The highest BCUT2D eigenvalue weighted by molar-refractivity contribution is 5.23. The molecule has 1 unspecified atom stereocenters. The highest BCUT2D eigenvalue weighted by atomic mass is 19.1. The van der Waals surface area contributed by atoms with Crippen LogP contribution in [-0.2, 0) is 13.0 Å². The fourth-order valence-corrected chi connectivity index (χ4v) is 2.92. The summed E-state index contributed by atoms with van der Waals surface area (Å²) in [6.07, 6.45) is 1.58. The summed E-state index contributed by atoms with van der Waals surface area (Å²) < 4.78 is 27.1. The predicted octanol–water partition coefficient (Wildman–Crippen LogP) is 2.97. The van der Waals surface area contributed by atoms with Gasteiger partial charge in [0, 0.05) is 37.3 Å². The van der Waals surface area contributed by atoms with Crippen LogP contribution in [0.2, 0.25) is 0 Å². The molecule has 24 heavy (non-hydrogen) atoms. The van der Waals surface area contributed by atoms with E-state index in [0.29, 0.717) is 6.54 Å². The molecular weight excluding hydrogens is 312 g/mol. The van der Waals surface area contributed by atoms with E-state index in [4.69, 9.17) is 0 Å². The van der Waals surface area contributed by atoms with E-state index in [1.54, 1.807) is 0 Å². The van der Waals surface area contributed by atoms with Gasteiger partial charge in [-0.1, -0.05) is 13.8 Å². The van der Waals surface area contributed by atoms with Crippen LogP contribution >= 0.6 is 0 Å². The van der Waals surface area contributed by atoms with E-state index in [1.807, 2.05) is 24.9 Å². The zero-order chi connectivity index (χ0) is 17.3. The Morgan fingerprint density at radius 3 is 2.83 bits per heavy atom. The number of hydrogen-bond acceptors (Lipinski definition) is 4. The lowest BCUT2D eigenvalue weighted by Crippen LogP contribution is -2.35. The molecule has 0 saturated heterocycles. The van der Waals surface area contributed by atoms with Gasteiger partial charge in [0.2, 0.25) is 0 Å². The topological polar surface area (TPSA) is 49.2 Å². The van der Waals surface area contributed by atoms with E-state index in [1.165, 1.54) is 0 Å². The lowest BCUT2D eigenvalue weighted by molar-refractivity contribution is 0.102. The fourth-order valence-electron chi connectivity index (χ4n) is 2.92. The maximum atomic E-state index is 13.8. The Hall–Kier alpha value is -1.92. The second-order valence-corrected chi connectivity index (χ2v) is 6.52. The Morgan fingerprint density at radius 2 is 2.08 bits per heavy atom. The highest BCUT2D eigenvalue weighted by Gasteiger charge is 2.23. The van der Waals surface area contributed by atoms with Gasteiger partial charge in [-0.15, -0.1) is 0 Å². The number of rotatable bonds is 4. The lowest BCUT2D eigenvalue weighted by atomic mass is 10.0. The molecule has 128 valence electrons. The van der Waals surface area contributed by atoms with Gasteiger partial charge in [-0.2, -0.15) is 0 Å². The maximum absolute atomic E-state index is 13.8. The number of nitrogens with zero attached hydrogens (tertiary/aromatic N) is 3. The Bertz CT molecular complexity index is 736. The summed E-state index contributed by atoms with van der Waals surface area (Å²) in [7, 11) is 0. The zero-order valence-corrected chi connectivity index (χ0v) is 13.8. The quantitative estimate of drug-likeness (QED) is 0.934. The Labute approximate surface area is 140 Å². The van der Waals surface area contributed by atoms with Gasteiger partial charge in [0.15, 0.2) is 0 Å². The summed E-state index contributed by atoms with van der Waals surface area (Å²) in [6.45, 7) is 5.62. The molecule has 4 nitrogen and oxygen atoms in total. The van der Waals surface area contributed by atoms with Gasteiger partial charge in [-0.25, -0.2) is 18.7 Å². The average Bonchev–Trinajstić information content (AvgIpc) is 2.56. The van der Waals surface area contributed by atoms with Crippen molar-refractivity contribution >= 4 is 0 Å². The van der Waals surface area contributed by atoms with Crippen LogP contribution in [0.25, 0.3) is 0 Å². The molecule has 1 aliphatic rings. The molecule has 0 amide bonds. The standard InChI is InChI=1S/C18H21F2N3O/c1-11(2)18-21-8-12-5-6-23(9-16(12)22-18)10-17(24)14-7-13(19)3-4-15(14)20/h3-4,7-8,11,17,24H,5-6,9-10H2,1-2H3. The molecule has 1 aromatic carbocycles. The van der Waals surface area contributed by atoms with Crippen LogP contribution in [0.5, 0.6) is 0 Å². The van der Waals surface area contributed by atoms with Crippen molar-refractivity contribution in [1.29, 1.82) is 0 Å². The van der Waals surface area contributed by atoms with E-state index < -0.39 is 17.7 Å². The Kier molecular flexibility index (Phi) is 4.87. The molecule has 0 fully saturated rings. The monoisotopic (exact) mass is 333 g/mol. The van der Waals surface area contributed by atoms with Crippen molar-refractivity contribution in [2.45, 2.75) is 38.8 Å². The van der Waals surface area contributed by atoms with Crippen LogP contribution in [0.15, 0.2) is 24.4 Å². The summed E-state index contributed by atoms with van der Waals surface area (Å²) in [4.78, 5) is 11.0. The van der Waals surface area contributed by atoms with Crippen LogP contribution in [0, 0.1) is 11.6 Å². The molecule has 1 aromatic heterocycles.